The zero-order valence-electron chi connectivity index (χ0n) is 12.3. The van der Waals surface area contributed by atoms with Gasteiger partial charge in [-0.25, -0.2) is 9.98 Å². The summed E-state index contributed by atoms with van der Waals surface area (Å²) in [5.41, 5.74) is 0.943. The fourth-order valence-electron chi connectivity index (χ4n) is 2.98. The van der Waals surface area contributed by atoms with Crippen LogP contribution in [0.3, 0.4) is 0 Å². The van der Waals surface area contributed by atoms with Gasteiger partial charge in [-0.3, -0.25) is 4.79 Å². The lowest BCUT2D eigenvalue weighted by atomic mass is 9.90. The Bertz CT molecular complexity index is 586. The average molecular weight is 300 g/mol. The van der Waals surface area contributed by atoms with Crippen LogP contribution in [0.4, 0.5) is 0 Å². The maximum atomic E-state index is 12.7. The molecule has 4 heteroatoms. The highest BCUT2D eigenvalue weighted by Crippen LogP contribution is 2.38. The molecule has 1 spiro atoms. The molecule has 1 aliphatic heterocycles. The molecule has 0 saturated heterocycles. The van der Waals surface area contributed by atoms with Crippen LogP contribution < -0.4 is 0 Å². The number of carbonyl (C=O) groups is 1. The van der Waals surface area contributed by atoms with Crippen molar-refractivity contribution in [3.05, 3.63) is 35.9 Å². The van der Waals surface area contributed by atoms with Gasteiger partial charge in [-0.1, -0.05) is 43.7 Å². The van der Waals surface area contributed by atoms with E-state index in [0.717, 1.165) is 36.5 Å². The number of thioether (sulfide) groups is 1. The van der Waals surface area contributed by atoms with Gasteiger partial charge in [0.25, 0.3) is 0 Å². The van der Waals surface area contributed by atoms with Crippen LogP contribution in [0.25, 0.3) is 0 Å². The SMILES string of the molecule is CCSC1=NC2(CCCCC2)N=C1C(=O)c1ccccc1. The second kappa shape index (κ2) is 6.14. The lowest BCUT2D eigenvalue weighted by molar-refractivity contribution is 0.106. The van der Waals surface area contributed by atoms with E-state index in [1.54, 1.807) is 11.8 Å². The van der Waals surface area contributed by atoms with Crippen molar-refractivity contribution in [2.24, 2.45) is 9.98 Å². The van der Waals surface area contributed by atoms with Crippen LogP contribution in [0, 0.1) is 0 Å². The summed E-state index contributed by atoms with van der Waals surface area (Å²) in [5, 5.41) is 0.841. The van der Waals surface area contributed by atoms with Crippen molar-refractivity contribution in [3.63, 3.8) is 0 Å². The maximum absolute atomic E-state index is 12.7. The highest BCUT2D eigenvalue weighted by Gasteiger charge is 2.39. The molecule has 21 heavy (non-hydrogen) atoms. The molecule has 110 valence electrons. The van der Waals surface area contributed by atoms with Gasteiger partial charge in [-0.05, 0) is 31.4 Å². The highest BCUT2D eigenvalue weighted by atomic mass is 32.2. The molecule has 0 aromatic heterocycles. The monoisotopic (exact) mass is 300 g/mol. The quantitative estimate of drug-likeness (QED) is 0.787. The van der Waals surface area contributed by atoms with Gasteiger partial charge in [0.05, 0.1) is 0 Å². The van der Waals surface area contributed by atoms with Crippen LogP contribution in [0.2, 0.25) is 0 Å². The molecule has 1 aromatic carbocycles. The van der Waals surface area contributed by atoms with Crippen LogP contribution >= 0.6 is 11.8 Å². The summed E-state index contributed by atoms with van der Waals surface area (Å²) in [6.07, 6.45) is 5.53. The van der Waals surface area contributed by atoms with Gasteiger partial charge >= 0.3 is 0 Å². The first kappa shape index (κ1) is 14.5. The number of hydrogen-bond donors (Lipinski definition) is 0. The Morgan fingerprint density at radius 3 is 2.52 bits per heavy atom. The standard InChI is InChI=1S/C17H20N2OS/c1-2-21-16-14(15(20)13-9-5-3-6-10-13)18-17(19-16)11-7-4-8-12-17/h3,5-6,9-10H,2,4,7-8,11-12H2,1H3. The lowest BCUT2D eigenvalue weighted by Gasteiger charge is -2.27. The lowest BCUT2D eigenvalue weighted by Crippen LogP contribution is -2.25. The minimum atomic E-state index is -0.338. The first-order valence-corrected chi connectivity index (χ1v) is 8.65. The van der Waals surface area contributed by atoms with Crippen molar-refractivity contribution in [2.75, 3.05) is 5.75 Å². The summed E-state index contributed by atoms with van der Waals surface area (Å²) >= 11 is 1.64. The number of ketones is 1. The molecule has 1 aliphatic carbocycles. The van der Waals surface area contributed by atoms with E-state index < -0.39 is 0 Å². The number of hydrogen-bond acceptors (Lipinski definition) is 4. The first-order chi connectivity index (χ1) is 10.2. The van der Waals surface area contributed by atoms with Crippen molar-refractivity contribution in [3.8, 4) is 0 Å². The van der Waals surface area contributed by atoms with Crippen LogP contribution in [0.5, 0.6) is 0 Å². The Morgan fingerprint density at radius 2 is 1.86 bits per heavy atom. The number of aliphatic imine (C=N–C) groups is 2. The summed E-state index contributed by atoms with van der Waals surface area (Å²) in [6.45, 7) is 2.09. The second-order valence-electron chi connectivity index (χ2n) is 5.55. The van der Waals surface area contributed by atoms with Gasteiger partial charge in [-0.2, -0.15) is 0 Å². The van der Waals surface area contributed by atoms with Gasteiger partial charge in [0.1, 0.15) is 10.8 Å². The zero-order chi connectivity index (χ0) is 14.7. The Labute approximate surface area is 130 Å². The Hall–Kier alpha value is -1.42. The molecular weight excluding hydrogens is 280 g/mol. The summed E-state index contributed by atoms with van der Waals surface area (Å²) in [4.78, 5) is 22.4. The van der Waals surface area contributed by atoms with Crippen molar-refractivity contribution in [2.45, 2.75) is 44.7 Å². The maximum Gasteiger partial charge on any atom is 0.213 e. The fraction of sp³-hybridized carbons (Fsp3) is 0.471. The summed E-state index contributed by atoms with van der Waals surface area (Å²) in [5.74, 6) is 0.925. The van der Waals surface area contributed by atoms with Crippen molar-refractivity contribution in [1.82, 2.24) is 0 Å². The van der Waals surface area contributed by atoms with Crippen molar-refractivity contribution in [1.29, 1.82) is 0 Å². The molecule has 0 bridgehead atoms. The average Bonchev–Trinajstić information content (AvgIpc) is 2.86. The van der Waals surface area contributed by atoms with Crippen LogP contribution in [-0.4, -0.2) is 28.0 Å². The van der Waals surface area contributed by atoms with Crippen molar-refractivity contribution >= 4 is 28.3 Å². The van der Waals surface area contributed by atoms with E-state index in [1.807, 2.05) is 30.3 Å². The molecule has 3 rings (SSSR count). The second-order valence-corrected chi connectivity index (χ2v) is 6.80. The predicted molar refractivity (Wildman–Crippen MR) is 89.6 cm³/mol. The van der Waals surface area contributed by atoms with Gasteiger partial charge in [0.2, 0.25) is 5.78 Å². The summed E-state index contributed by atoms with van der Waals surface area (Å²) < 4.78 is 0. The van der Waals surface area contributed by atoms with E-state index in [-0.39, 0.29) is 11.4 Å². The largest absolute Gasteiger partial charge is 0.287 e. The summed E-state index contributed by atoms with van der Waals surface area (Å²) in [6, 6.07) is 9.41. The third kappa shape index (κ3) is 2.95. The Kier molecular flexibility index (Phi) is 4.24. The molecule has 0 amide bonds. The normalized spacial score (nSPS) is 20.2. The van der Waals surface area contributed by atoms with Crippen LogP contribution in [0.1, 0.15) is 49.4 Å². The number of Topliss-reactive ketones (excluding diaryl/α,β-unsaturated/α-hetero) is 1. The van der Waals surface area contributed by atoms with E-state index in [1.165, 1.54) is 6.42 Å². The Balaban J connectivity index is 1.93. The van der Waals surface area contributed by atoms with E-state index in [0.29, 0.717) is 11.3 Å². The third-order valence-corrected chi connectivity index (χ3v) is 4.87. The molecule has 2 aliphatic rings. The van der Waals surface area contributed by atoms with E-state index in [2.05, 4.69) is 6.92 Å². The predicted octanol–water partition coefficient (Wildman–Crippen LogP) is 4.14. The number of nitrogens with zero attached hydrogens (tertiary/aromatic N) is 2. The number of rotatable bonds is 3. The van der Waals surface area contributed by atoms with Gasteiger partial charge in [0, 0.05) is 5.56 Å². The number of carbonyl (C=O) groups excluding carboxylic acids is 1. The third-order valence-electron chi connectivity index (χ3n) is 4.02. The minimum Gasteiger partial charge on any atom is -0.287 e. The molecule has 1 aromatic rings. The van der Waals surface area contributed by atoms with E-state index in [4.69, 9.17) is 9.98 Å². The van der Waals surface area contributed by atoms with Gasteiger partial charge in [0.15, 0.2) is 5.66 Å². The molecule has 1 fully saturated rings. The molecule has 0 radical (unpaired) electrons. The van der Waals surface area contributed by atoms with E-state index >= 15 is 0 Å². The Morgan fingerprint density at radius 1 is 1.14 bits per heavy atom. The smallest absolute Gasteiger partial charge is 0.213 e. The first-order valence-electron chi connectivity index (χ1n) is 7.67. The molecule has 3 nitrogen and oxygen atoms in total. The molecular formula is C17H20N2OS. The highest BCUT2D eigenvalue weighted by molar-refractivity contribution is 8.16. The van der Waals surface area contributed by atoms with Gasteiger partial charge < -0.3 is 0 Å². The van der Waals surface area contributed by atoms with Crippen LogP contribution in [-0.2, 0) is 0 Å². The molecule has 0 N–H and O–H groups in total. The molecule has 0 atom stereocenters. The molecule has 1 saturated carbocycles. The molecule has 1 heterocycles. The van der Waals surface area contributed by atoms with Crippen molar-refractivity contribution < 1.29 is 4.79 Å². The topological polar surface area (TPSA) is 41.8 Å². The minimum absolute atomic E-state index is 0.0118. The van der Waals surface area contributed by atoms with E-state index in [9.17, 15) is 4.79 Å². The zero-order valence-corrected chi connectivity index (χ0v) is 13.2. The molecule has 0 unspecified atom stereocenters. The van der Waals surface area contributed by atoms with Gasteiger partial charge in [-0.15, -0.1) is 11.8 Å². The fourth-order valence-corrected chi connectivity index (χ4v) is 3.76. The summed E-state index contributed by atoms with van der Waals surface area (Å²) in [7, 11) is 0. The number of benzene rings is 1. The van der Waals surface area contributed by atoms with Crippen LogP contribution in [0.15, 0.2) is 40.3 Å².